The van der Waals surface area contributed by atoms with E-state index >= 15 is 0 Å². The molecular formula is C26H33BrCl2N2O3. The molecule has 1 N–H and O–H groups in total. The van der Waals surface area contributed by atoms with E-state index in [9.17, 15) is 9.59 Å². The molecule has 2 aromatic rings. The van der Waals surface area contributed by atoms with Gasteiger partial charge in [-0.05, 0) is 69.6 Å². The summed E-state index contributed by atoms with van der Waals surface area (Å²) in [7, 11) is 0. The predicted octanol–water partition coefficient (Wildman–Crippen LogP) is 6.62. The van der Waals surface area contributed by atoms with Crippen LogP contribution in [0, 0.1) is 5.92 Å². The number of benzene rings is 2. The summed E-state index contributed by atoms with van der Waals surface area (Å²) in [5, 5.41) is 3.72. The van der Waals surface area contributed by atoms with Crippen molar-refractivity contribution in [3.05, 3.63) is 62.0 Å². The highest BCUT2D eigenvalue weighted by atomic mass is 79.9. The van der Waals surface area contributed by atoms with E-state index in [0.29, 0.717) is 28.3 Å². The van der Waals surface area contributed by atoms with E-state index in [2.05, 4.69) is 42.0 Å². The van der Waals surface area contributed by atoms with Gasteiger partial charge < -0.3 is 15.0 Å². The monoisotopic (exact) mass is 570 g/mol. The SMILES string of the molecule is CC(C)CNC(=O)[C@H](C)N(Cc1ccc(Cl)c(Cl)c1)C(=O)COc1ccc(C(C)(C)C)cc1Br. The minimum absolute atomic E-state index is 0.00764. The average molecular weight is 572 g/mol. The molecule has 0 fully saturated rings. The van der Waals surface area contributed by atoms with Gasteiger partial charge in [-0.1, -0.05) is 70.0 Å². The van der Waals surface area contributed by atoms with E-state index in [1.54, 1.807) is 25.1 Å². The van der Waals surface area contributed by atoms with Crippen LogP contribution in [0.2, 0.25) is 10.0 Å². The Bertz CT molecular complexity index is 1020. The fourth-order valence-electron chi connectivity index (χ4n) is 3.18. The first-order valence-electron chi connectivity index (χ1n) is 11.2. The lowest BCUT2D eigenvalue weighted by Crippen LogP contribution is -2.49. The minimum Gasteiger partial charge on any atom is -0.483 e. The van der Waals surface area contributed by atoms with Crippen molar-refractivity contribution < 1.29 is 14.3 Å². The van der Waals surface area contributed by atoms with Gasteiger partial charge in [0, 0.05) is 13.1 Å². The molecule has 34 heavy (non-hydrogen) atoms. The van der Waals surface area contributed by atoms with Gasteiger partial charge in [-0.3, -0.25) is 9.59 Å². The van der Waals surface area contributed by atoms with E-state index in [1.165, 1.54) is 4.90 Å². The summed E-state index contributed by atoms with van der Waals surface area (Å²) in [6.45, 7) is 12.6. The first-order valence-corrected chi connectivity index (χ1v) is 12.8. The van der Waals surface area contributed by atoms with Crippen LogP contribution in [-0.2, 0) is 21.5 Å². The molecule has 0 unspecified atom stereocenters. The molecule has 186 valence electrons. The number of nitrogens with one attached hydrogen (secondary N) is 1. The molecule has 0 aliphatic carbocycles. The molecule has 0 saturated heterocycles. The summed E-state index contributed by atoms with van der Waals surface area (Å²) >= 11 is 15.7. The largest absolute Gasteiger partial charge is 0.483 e. The van der Waals surface area contributed by atoms with Crippen molar-refractivity contribution in [1.82, 2.24) is 10.2 Å². The van der Waals surface area contributed by atoms with E-state index < -0.39 is 6.04 Å². The summed E-state index contributed by atoms with van der Waals surface area (Å²) < 4.78 is 6.61. The lowest BCUT2D eigenvalue weighted by Gasteiger charge is -2.29. The van der Waals surface area contributed by atoms with E-state index in [1.807, 2.05) is 32.0 Å². The van der Waals surface area contributed by atoms with Crippen LogP contribution >= 0.6 is 39.1 Å². The molecule has 2 amide bonds. The lowest BCUT2D eigenvalue weighted by atomic mass is 9.87. The van der Waals surface area contributed by atoms with Crippen LogP contribution in [0.3, 0.4) is 0 Å². The first kappa shape index (κ1) is 28.5. The Balaban J connectivity index is 2.20. The highest BCUT2D eigenvalue weighted by Gasteiger charge is 2.27. The fraction of sp³-hybridized carbons (Fsp3) is 0.462. The Morgan fingerprint density at radius 1 is 1.06 bits per heavy atom. The number of rotatable bonds is 9. The third kappa shape index (κ3) is 8.17. The van der Waals surface area contributed by atoms with Gasteiger partial charge >= 0.3 is 0 Å². The summed E-state index contributed by atoms with van der Waals surface area (Å²) in [5.41, 5.74) is 1.91. The van der Waals surface area contributed by atoms with Crippen LogP contribution in [0.15, 0.2) is 40.9 Å². The molecule has 0 saturated carbocycles. The second-order valence-corrected chi connectivity index (χ2v) is 11.4. The van der Waals surface area contributed by atoms with Crippen LogP contribution in [0.5, 0.6) is 5.75 Å². The van der Waals surface area contributed by atoms with Gasteiger partial charge in [-0.15, -0.1) is 0 Å². The fourth-order valence-corrected chi connectivity index (χ4v) is 3.99. The van der Waals surface area contributed by atoms with Gasteiger partial charge in [0.25, 0.3) is 5.91 Å². The normalized spacial score (nSPS) is 12.4. The Morgan fingerprint density at radius 3 is 2.29 bits per heavy atom. The quantitative estimate of drug-likeness (QED) is 0.368. The number of hydrogen-bond donors (Lipinski definition) is 1. The summed E-state index contributed by atoms with van der Waals surface area (Å²) in [5.74, 6) is 0.322. The molecule has 0 aliphatic rings. The molecule has 2 rings (SSSR count). The predicted molar refractivity (Wildman–Crippen MR) is 143 cm³/mol. The summed E-state index contributed by atoms with van der Waals surface area (Å²) in [6.07, 6.45) is 0. The molecular weight excluding hydrogens is 539 g/mol. The maximum Gasteiger partial charge on any atom is 0.261 e. The molecule has 0 heterocycles. The lowest BCUT2D eigenvalue weighted by molar-refractivity contribution is -0.142. The third-order valence-corrected chi connectivity index (χ3v) is 6.70. The van der Waals surface area contributed by atoms with Gasteiger partial charge in [0.05, 0.1) is 14.5 Å². The van der Waals surface area contributed by atoms with Gasteiger partial charge in [0.15, 0.2) is 6.61 Å². The zero-order valence-electron chi connectivity index (χ0n) is 20.5. The first-order chi connectivity index (χ1) is 15.8. The van der Waals surface area contributed by atoms with E-state index in [0.717, 1.165) is 15.6 Å². The molecule has 0 aromatic heterocycles. The van der Waals surface area contributed by atoms with Crippen LogP contribution < -0.4 is 10.1 Å². The molecule has 0 spiro atoms. The average Bonchev–Trinajstić information content (AvgIpc) is 2.75. The van der Waals surface area contributed by atoms with Crippen molar-refractivity contribution in [2.75, 3.05) is 13.2 Å². The number of ether oxygens (including phenoxy) is 1. The van der Waals surface area contributed by atoms with Gasteiger partial charge in [0.2, 0.25) is 5.91 Å². The zero-order chi connectivity index (χ0) is 25.6. The number of carbonyl (C=O) groups excluding carboxylic acids is 2. The Morgan fingerprint density at radius 2 is 1.74 bits per heavy atom. The molecule has 2 aromatic carbocycles. The van der Waals surface area contributed by atoms with Gasteiger partial charge in [0.1, 0.15) is 11.8 Å². The van der Waals surface area contributed by atoms with Crippen LogP contribution in [0.25, 0.3) is 0 Å². The molecule has 0 radical (unpaired) electrons. The second kappa shape index (κ2) is 12.3. The van der Waals surface area contributed by atoms with Crippen molar-refractivity contribution in [2.24, 2.45) is 5.92 Å². The smallest absolute Gasteiger partial charge is 0.261 e. The molecule has 5 nitrogen and oxygen atoms in total. The minimum atomic E-state index is -0.698. The Kier molecular flexibility index (Phi) is 10.3. The summed E-state index contributed by atoms with van der Waals surface area (Å²) in [6, 6.07) is 10.3. The molecule has 8 heteroatoms. The van der Waals surface area contributed by atoms with Gasteiger partial charge in [-0.2, -0.15) is 0 Å². The second-order valence-electron chi connectivity index (χ2n) is 9.77. The van der Waals surface area contributed by atoms with Crippen molar-refractivity contribution in [3.8, 4) is 5.75 Å². The van der Waals surface area contributed by atoms with E-state index in [4.69, 9.17) is 27.9 Å². The molecule has 1 atom stereocenters. The van der Waals surface area contributed by atoms with Crippen LogP contribution in [-0.4, -0.2) is 35.9 Å². The van der Waals surface area contributed by atoms with Crippen molar-refractivity contribution in [1.29, 1.82) is 0 Å². The standard InChI is InChI=1S/C26H33BrCl2N2O3/c1-16(2)13-30-25(33)17(3)31(14-18-7-9-21(28)22(29)11-18)24(32)15-34-23-10-8-19(12-20(23)27)26(4,5)6/h7-12,16-17H,13-15H2,1-6H3,(H,30,33)/t17-/m0/s1. The maximum absolute atomic E-state index is 13.2. The highest BCUT2D eigenvalue weighted by molar-refractivity contribution is 9.10. The number of halogens is 3. The third-order valence-electron chi connectivity index (χ3n) is 5.34. The van der Waals surface area contributed by atoms with Crippen molar-refractivity contribution >= 4 is 50.9 Å². The van der Waals surface area contributed by atoms with Crippen molar-refractivity contribution in [3.63, 3.8) is 0 Å². The molecule has 0 bridgehead atoms. The highest BCUT2D eigenvalue weighted by Crippen LogP contribution is 2.31. The topological polar surface area (TPSA) is 58.6 Å². The maximum atomic E-state index is 13.2. The van der Waals surface area contributed by atoms with E-state index in [-0.39, 0.29) is 30.4 Å². The zero-order valence-corrected chi connectivity index (χ0v) is 23.6. The van der Waals surface area contributed by atoms with Gasteiger partial charge in [-0.25, -0.2) is 0 Å². The molecule has 0 aliphatic heterocycles. The number of hydrogen-bond acceptors (Lipinski definition) is 3. The Labute approximate surface area is 221 Å². The van der Waals surface area contributed by atoms with Crippen LogP contribution in [0.1, 0.15) is 52.7 Å². The number of nitrogens with zero attached hydrogens (tertiary/aromatic N) is 1. The summed E-state index contributed by atoms with van der Waals surface area (Å²) in [4.78, 5) is 27.5. The van der Waals surface area contributed by atoms with Crippen molar-refractivity contribution in [2.45, 2.75) is 59.5 Å². The van der Waals surface area contributed by atoms with Crippen LogP contribution in [0.4, 0.5) is 0 Å². The Hall–Kier alpha value is -1.76. The number of carbonyl (C=O) groups is 2. The number of amides is 2.